The van der Waals surface area contributed by atoms with Crippen LogP contribution < -0.4 is 5.43 Å². The summed E-state index contributed by atoms with van der Waals surface area (Å²) in [7, 11) is 1.73. The van der Waals surface area contributed by atoms with E-state index in [0.29, 0.717) is 40.4 Å². The Morgan fingerprint density at radius 2 is 1.88 bits per heavy atom. The van der Waals surface area contributed by atoms with Crippen LogP contribution in [0.3, 0.4) is 0 Å². The monoisotopic (exact) mass is 449 g/mol. The second-order valence-corrected chi connectivity index (χ2v) is 9.22. The normalized spacial score (nSPS) is 20.7. The molecule has 2 atom stereocenters. The standard InChI is InChI=1S/C21H29F2N7O2/c1-21(2,3)32-20(31)30-15-5-6-16(30)12-27(11-15)18(24)17-7-13(9-28(17)25-4)14-8-26-29(10-14)19(22)23/h7-10,15-16,19,24-25H,5-6,11-12H2,1-4H3. The molecule has 2 unspecified atom stereocenters. The SMILES string of the molecule is CNn1cc(-c2cnn(C(F)F)c2)cc1C(=N)N1CC2CCC(C1)N2C(=O)OC(C)(C)C. The molecule has 174 valence electrons. The maximum atomic E-state index is 12.9. The predicted molar refractivity (Wildman–Crippen MR) is 115 cm³/mol. The van der Waals surface area contributed by atoms with Crippen LogP contribution in [0.25, 0.3) is 11.1 Å². The average Bonchev–Trinajstić information content (AvgIpc) is 3.41. The number of alkyl halides is 2. The molecule has 4 heterocycles. The lowest BCUT2D eigenvalue weighted by atomic mass is 10.1. The van der Waals surface area contributed by atoms with Crippen molar-refractivity contribution in [3.8, 4) is 11.1 Å². The van der Waals surface area contributed by atoms with Crippen LogP contribution in [0.4, 0.5) is 13.6 Å². The summed E-state index contributed by atoms with van der Waals surface area (Å²) in [5.74, 6) is 0.313. The minimum Gasteiger partial charge on any atom is -0.444 e. The fourth-order valence-electron chi connectivity index (χ4n) is 4.44. The molecule has 11 heteroatoms. The molecule has 0 aromatic carbocycles. The molecule has 0 aliphatic carbocycles. The van der Waals surface area contributed by atoms with Crippen molar-refractivity contribution in [1.29, 1.82) is 5.41 Å². The fourth-order valence-corrected chi connectivity index (χ4v) is 4.44. The lowest BCUT2D eigenvalue weighted by Gasteiger charge is -2.42. The Morgan fingerprint density at radius 3 is 2.41 bits per heavy atom. The lowest BCUT2D eigenvalue weighted by molar-refractivity contribution is 0.00275. The van der Waals surface area contributed by atoms with Crippen LogP contribution in [0.2, 0.25) is 0 Å². The number of nitrogens with zero attached hydrogens (tertiary/aromatic N) is 5. The smallest absolute Gasteiger partial charge is 0.410 e. The van der Waals surface area contributed by atoms with Gasteiger partial charge in [-0.1, -0.05) is 0 Å². The topological polar surface area (TPSA) is 91.4 Å². The first kappa shape index (κ1) is 22.1. The van der Waals surface area contributed by atoms with Crippen molar-refractivity contribution in [2.45, 2.75) is 57.8 Å². The Balaban J connectivity index is 1.52. The Kier molecular flexibility index (Phi) is 5.59. The zero-order valence-electron chi connectivity index (χ0n) is 18.7. The summed E-state index contributed by atoms with van der Waals surface area (Å²) in [6.45, 7) is 3.95. The van der Waals surface area contributed by atoms with Gasteiger partial charge in [0.2, 0.25) is 0 Å². The highest BCUT2D eigenvalue weighted by Crippen LogP contribution is 2.33. The summed E-state index contributed by atoms with van der Waals surface area (Å²) in [5, 5.41) is 12.5. The summed E-state index contributed by atoms with van der Waals surface area (Å²) < 4.78 is 33.6. The second-order valence-electron chi connectivity index (χ2n) is 9.22. The van der Waals surface area contributed by atoms with Crippen LogP contribution in [0.5, 0.6) is 0 Å². The third-order valence-electron chi connectivity index (χ3n) is 5.84. The van der Waals surface area contributed by atoms with Crippen molar-refractivity contribution >= 4 is 11.9 Å². The Labute approximate surface area is 185 Å². The summed E-state index contributed by atoms with van der Waals surface area (Å²) in [6.07, 6.45) is 5.87. The molecule has 2 aliphatic heterocycles. The van der Waals surface area contributed by atoms with E-state index < -0.39 is 12.2 Å². The van der Waals surface area contributed by atoms with Gasteiger partial charge in [-0.3, -0.25) is 15.0 Å². The number of hydrogen-bond acceptors (Lipinski definition) is 5. The van der Waals surface area contributed by atoms with Crippen molar-refractivity contribution in [1.82, 2.24) is 24.3 Å². The zero-order chi connectivity index (χ0) is 23.2. The van der Waals surface area contributed by atoms with E-state index in [2.05, 4.69) is 10.5 Å². The number of amidine groups is 1. The number of carbonyl (C=O) groups is 1. The van der Waals surface area contributed by atoms with Crippen molar-refractivity contribution in [2.24, 2.45) is 0 Å². The lowest BCUT2D eigenvalue weighted by Crippen LogP contribution is -2.58. The number of amides is 1. The van der Waals surface area contributed by atoms with Gasteiger partial charge in [-0.15, -0.1) is 0 Å². The molecule has 2 bridgehead atoms. The van der Waals surface area contributed by atoms with Gasteiger partial charge in [-0.05, 0) is 39.7 Å². The molecular weight excluding hydrogens is 420 g/mol. The first-order chi connectivity index (χ1) is 15.1. The van der Waals surface area contributed by atoms with Gasteiger partial charge < -0.3 is 15.1 Å². The molecule has 2 saturated heterocycles. The van der Waals surface area contributed by atoms with Crippen LogP contribution in [0, 0.1) is 5.41 Å². The van der Waals surface area contributed by atoms with Gasteiger partial charge in [-0.2, -0.15) is 13.9 Å². The largest absolute Gasteiger partial charge is 0.444 e. The average molecular weight is 450 g/mol. The summed E-state index contributed by atoms with van der Waals surface area (Å²) in [6, 6.07) is 1.77. The maximum Gasteiger partial charge on any atom is 0.410 e. The first-order valence-electron chi connectivity index (χ1n) is 10.7. The van der Waals surface area contributed by atoms with Crippen LogP contribution in [0.1, 0.15) is 45.9 Å². The molecule has 1 amide bonds. The van der Waals surface area contributed by atoms with Crippen molar-refractivity contribution in [2.75, 3.05) is 25.6 Å². The van der Waals surface area contributed by atoms with Crippen LogP contribution in [-0.4, -0.2) is 74.0 Å². The van der Waals surface area contributed by atoms with E-state index in [1.807, 2.05) is 30.6 Å². The number of halogens is 2. The van der Waals surface area contributed by atoms with Gasteiger partial charge in [-0.25, -0.2) is 9.48 Å². The number of nitrogens with one attached hydrogen (secondary N) is 2. The first-order valence-corrected chi connectivity index (χ1v) is 10.7. The molecule has 0 radical (unpaired) electrons. The van der Waals surface area contributed by atoms with Crippen molar-refractivity contribution in [3.05, 3.63) is 30.4 Å². The minimum absolute atomic E-state index is 0.00862. The summed E-state index contributed by atoms with van der Waals surface area (Å²) >= 11 is 0. The molecule has 4 rings (SSSR count). The highest BCUT2D eigenvalue weighted by atomic mass is 19.3. The zero-order valence-corrected chi connectivity index (χ0v) is 18.7. The summed E-state index contributed by atoms with van der Waals surface area (Å²) in [4.78, 5) is 16.5. The number of ether oxygens (including phenoxy) is 1. The number of rotatable bonds is 4. The van der Waals surface area contributed by atoms with Gasteiger partial charge in [0.25, 0.3) is 0 Å². The number of aromatic nitrogens is 3. The molecule has 2 N–H and O–H groups in total. The molecule has 2 aliphatic rings. The molecule has 2 aromatic heterocycles. The van der Waals surface area contributed by atoms with E-state index in [1.165, 1.54) is 12.4 Å². The number of piperazine rings is 1. The van der Waals surface area contributed by atoms with Gasteiger partial charge in [0, 0.05) is 43.7 Å². The number of likely N-dealkylation sites (tertiary alicyclic amines) is 1. The molecule has 0 spiro atoms. The van der Waals surface area contributed by atoms with Gasteiger partial charge in [0.15, 0.2) is 0 Å². The number of carbonyl (C=O) groups excluding carboxylic acids is 1. The van der Waals surface area contributed by atoms with Crippen molar-refractivity contribution in [3.63, 3.8) is 0 Å². The van der Waals surface area contributed by atoms with Gasteiger partial charge in [0.1, 0.15) is 17.1 Å². The molecule has 2 fully saturated rings. The van der Waals surface area contributed by atoms with Crippen LogP contribution in [-0.2, 0) is 4.74 Å². The summed E-state index contributed by atoms with van der Waals surface area (Å²) in [5.41, 5.74) is 4.30. The Bertz CT molecular complexity index is 996. The van der Waals surface area contributed by atoms with Crippen LogP contribution >= 0.6 is 0 Å². The predicted octanol–water partition coefficient (Wildman–Crippen LogP) is 3.33. The highest BCUT2D eigenvalue weighted by molar-refractivity contribution is 5.96. The Morgan fingerprint density at radius 1 is 1.22 bits per heavy atom. The van der Waals surface area contributed by atoms with Gasteiger partial charge >= 0.3 is 12.6 Å². The van der Waals surface area contributed by atoms with Crippen LogP contribution in [0.15, 0.2) is 24.7 Å². The highest BCUT2D eigenvalue weighted by Gasteiger charge is 2.45. The number of hydrogen-bond donors (Lipinski definition) is 2. The third kappa shape index (κ3) is 4.15. The number of fused-ring (bicyclic) bond motifs is 2. The third-order valence-corrected chi connectivity index (χ3v) is 5.84. The van der Waals surface area contributed by atoms with E-state index in [9.17, 15) is 13.6 Å². The molecule has 32 heavy (non-hydrogen) atoms. The van der Waals surface area contributed by atoms with E-state index in [0.717, 1.165) is 12.8 Å². The van der Waals surface area contributed by atoms with E-state index in [4.69, 9.17) is 10.1 Å². The quantitative estimate of drug-likeness (QED) is 0.552. The molecule has 2 aromatic rings. The van der Waals surface area contributed by atoms with Gasteiger partial charge in [0.05, 0.1) is 18.3 Å². The minimum atomic E-state index is -2.70. The van der Waals surface area contributed by atoms with E-state index >= 15 is 0 Å². The fraction of sp³-hybridized carbons (Fsp3) is 0.571. The van der Waals surface area contributed by atoms with E-state index in [1.54, 1.807) is 24.0 Å². The molecular formula is C21H29F2N7O2. The molecule has 0 saturated carbocycles. The van der Waals surface area contributed by atoms with E-state index in [-0.39, 0.29) is 18.2 Å². The molecule has 9 nitrogen and oxygen atoms in total. The maximum absolute atomic E-state index is 12.9. The van der Waals surface area contributed by atoms with Crippen molar-refractivity contribution < 1.29 is 18.3 Å². The second kappa shape index (κ2) is 8.10. The Hall–Kier alpha value is -3.11.